The Balaban J connectivity index is 1.74. The minimum Gasteiger partial charge on any atom is -0.478 e. The molecule has 1 amide bonds. The fourth-order valence-corrected chi connectivity index (χ4v) is 4.21. The molecule has 114 valence electrons. The number of rotatable bonds is 6. The molecule has 1 saturated heterocycles. The van der Waals surface area contributed by atoms with Gasteiger partial charge in [0.15, 0.2) is 0 Å². The van der Waals surface area contributed by atoms with Crippen LogP contribution in [-0.4, -0.2) is 28.5 Å². The van der Waals surface area contributed by atoms with Gasteiger partial charge in [-0.1, -0.05) is 0 Å². The first kappa shape index (κ1) is 16.1. The zero-order chi connectivity index (χ0) is 15.1. The third-order valence-electron chi connectivity index (χ3n) is 3.37. The first-order valence-corrected chi connectivity index (χ1v) is 9.00. The molecule has 0 atom stereocenters. The monoisotopic (exact) mass is 325 g/mol. The van der Waals surface area contributed by atoms with Gasteiger partial charge in [0.25, 0.3) is 0 Å². The third kappa shape index (κ3) is 5.93. The summed E-state index contributed by atoms with van der Waals surface area (Å²) in [5.41, 5.74) is 0.857. The molecule has 6 heteroatoms. The van der Waals surface area contributed by atoms with Crippen LogP contribution in [0.1, 0.15) is 29.7 Å². The van der Waals surface area contributed by atoms with Gasteiger partial charge in [-0.05, 0) is 53.4 Å². The zero-order valence-corrected chi connectivity index (χ0v) is 13.3. The van der Waals surface area contributed by atoms with Crippen molar-refractivity contribution in [2.45, 2.75) is 25.8 Å². The van der Waals surface area contributed by atoms with Crippen LogP contribution in [0.5, 0.6) is 0 Å². The largest absolute Gasteiger partial charge is 0.478 e. The molecule has 1 aromatic heterocycles. The number of thiophene rings is 1. The van der Waals surface area contributed by atoms with E-state index in [1.54, 1.807) is 6.08 Å². The number of amides is 1. The van der Waals surface area contributed by atoms with Crippen molar-refractivity contribution < 1.29 is 14.7 Å². The standard InChI is InChI=1S/C15H19NO3S2/c17-14(8-11-3-5-20-6-4-11)16-9-13-7-12(10-21-13)1-2-15(18)19/h1-2,7,10-11H,3-6,8-9H2,(H,16,17)(H,18,19)/b2-1+. The number of carbonyl (C=O) groups is 2. The van der Waals surface area contributed by atoms with Crippen molar-refractivity contribution in [3.05, 3.63) is 28.0 Å². The van der Waals surface area contributed by atoms with Crippen LogP contribution in [-0.2, 0) is 16.1 Å². The van der Waals surface area contributed by atoms with E-state index in [4.69, 9.17) is 5.11 Å². The lowest BCUT2D eigenvalue weighted by Crippen LogP contribution is -2.26. The quantitative estimate of drug-likeness (QED) is 0.789. The van der Waals surface area contributed by atoms with E-state index >= 15 is 0 Å². The van der Waals surface area contributed by atoms with Crippen molar-refractivity contribution in [3.63, 3.8) is 0 Å². The van der Waals surface area contributed by atoms with Crippen molar-refractivity contribution in [3.8, 4) is 0 Å². The van der Waals surface area contributed by atoms with E-state index in [-0.39, 0.29) is 5.91 Å². The van der Waals surface area contributed by atoms with E-state index in [9.17, 15) is 9.59 Å². The van der Waals surface area contributed by atoms with E-state index in [1.807, 2.05) is 23.2 Å². The van der Waals surface area contributed by atoms with Gasteiger partial charge in [-0.25, -0.2) is 4.79 Å². The summed E-state index contributed by atoms with van der Waals surface area (Å²) in [5, 5.41) is 13.4. The minimum absolute atomic E-state index is 0.114. The molecular weight excluding hydrogens is 306 g/mol. The van der Waals surface area contributed by atoms with Gasteiger partial charge in [-0.2, -0.15) is 11.8 Å². The van der Waals surface area contributed by atoms with Crippen molar-refractivity contribution in [1.29, 1.82) is 0 Å². The van der Waals surface area contributed by atoms with Crippen LogP contribution >= 0.6 is 23.1 Å². The number of thioether (sulfide) groups is 1. The van der Waals surface area contributed by atoms with Crippen molar-refractivity contribution >= 4 is 41.1 Å². The lowest BCUT2D eigenvalue weighted by atomic mass is 9.98. The molecule has 2 N–H and O–H groups in total. The smallest absolute Gasteiger partial charge is 0.328 e. The maximum atomic E-state index is 11.9. The van der Waals surface area contributed by atoms with Gasteiger partial charge in [0.05, 0.1) is 6.54 Å². The summed E-state index contributed by atoms with van der Waals surface area (Å²) in [7, 11) is 0. The lowest BCUT2D eigenvalue weighted by Gasteiger charge is -2.20. The fraction of sp³-hybridized carbons (Fsp3) is 0.467. The van der Waals surface area contributed by atoms with Crippen LogP contribution in [0.2, 0.25) is 0 Å². The second-order valence-electron chi connectivity index (χ2n) is 5.05. The molecule has 1 aliphatic rings. The Morgan fingerprint density at radius 2 is 2.14 bits per heavy atom. The number of carbonyl (C=O) groups excluding carboxylic acids is 1. The average Bonchev–Trinajstić information content (AvgIpc) is 2.92. The highest BCUT2D eigenvalue weighted by atomic mass is 32.2. The number of hydrogen-bond acceptors (Lipinski definition) is 4. The van der Waals surface area contributed by atoms with Crippen molar-refractivity contribution in [1.82, 2.24) is 5.32 Å². The molecule has 1 aromatic rings. The number of aliphatic carboxylic acids is 1. The van der Waals surface area contributed by atoms with Gasteiger partial charge >= 0.3 is 5.97 Å². The molecule has 0 saturated carbocycles. The SMILES string of the molecule is O=C(O)/C=C/c1csc(CNC(=O)CC2CCSCC2)c1. The highest BCUT2D eigenvalue weighted by Gasteiger charge is 2.17. The van der Waals surface area contributed by atoms with Crippen LogP contribution in [0.25, 0.3) is 6.08 Å². The Morgan fingerprint density at radius 1 is 1.38 bits per heavy atom. The van der Waals surface area contributed by atoms with Crippen LogP contribution in [0, 0.1) is 5.92 Å². The predicted octanol–water partition coefficient (Wildman–Crippen LogP) is 3.00. The molecule has 1 fully saturated rings. The second-order valence-corrected chi connectivity index (χ2v) is 7.28. The van der Waals surface area contributed by atoms with Gasteiger partial charge in [-0.15, -0.1) is 11.3 Å². The number of carboxylic acid groups (broad SMARTS) is 1. The van der Waals surface area contributed by atoms with E-state index in [2.05, 4.69) is 5.32 Å². The van der Waals surface area contributed by atoms with Crippen LogP contribution in [0.3, 0.4) is 0 Å². The average molecular weight is 325 g/mol. The summed E-state index contributed by atoms with van der Waals surface area (Å²) >= 11 is 3.49. The maximum Gasteiger partial charge on any atom is 0.328 e. The second kappa shape index (κ2) is 8.24. The molecule has 0 aromatic carbocycles. The molecule has 21 heavy (non-hydrogen) atoms. The van der Waals surface area contributed by atoms with E-state index in [0.717, 1.165) is 29.4 Å². The Kier molecular flexibility index (Phi) is 6.32. The molecule has 4 nitrogen and oxygen atoms in total. The highest BCUT2D eigenvalue weighted by molar-refractivity contribution is 7.99. The van der Waals surface area contributed by atoms with E-state index in [1.165, 1.54) is 22.8 Å². The summed E-state index contributed by atoms with van der Waals surface area (Å²) < 4.78 is 0. The minimum atomic E-state index is -0.957. The number of carboxylic acids is 1. The molecule has 0 radical (unpaired) electrons. The first-order valence-electron chi connectivity index (χ1n) is 6.96. The Labute approximate surface area is 132 Å². The van der Waals surface area contributed by atoms with Gasteiger partial charge in [0.2, 0.25) is 5.91 Å². The summed E-state index contributed by atoms with van der Waals surface area (Å²) in [6.45, 7) is 0.520. The van der Waals surface area contributed by atoms with Crippen LogP contribution in [0.15, 0.2) is 17.5 Å². The zero-order valence-electron chi connectivity index (χ0n) is 11.7. The molecule has 2 heterocycles. The summed E-state index contributed by atoms with van der Waals surface area (Å²) in [4.78, 5) is 23.4. The summed E-state index contributed by atoms with van der Waals surface area (Å²) in [6, 6.07) is 1.90. The van der Waals surface area contributed by atoms with Gasteiger partial charge in [0.1, 0.15) is 0 Å². The van der Waals surface area contributed by atoms with E-state index in [0.29, 0.717) is 18.9 Å². The summed E-state index contributed by atoms with van der Waals surface area (Å²) in [5.74, 6) is 2.03. The maximum absolute atomic E-state index is 11.9. The molecular formula is C15H19NO3S2. The molecule has 2 rings (SSSR count). The van der Waals surface area contributed by atoms with Gasteiger partial charge < -0.3 is 10.4 Å². The highest BCUT2D eigenvalue weighted by Crippen LogP contribution is 2.25. The van der Waals surface area contributed by atoms with Gasteiger partial charge in [0, 0.05) is 17.4 Å². The van der Waals surface area contributed by atoms with Crippen molar-refractivity contribution in [2.24, 2.45) is 5.92 Å². The molecule has 1 aliphatic heterocycles. The lowest BCUT2D eigenvalue weighted by molar-refractivity contribution is -0.131. The van der Waals surface area contributed by atoms with E-state index < -0.39 is 5.97 Å². The molecule has 0 aliphatic carbocycles. The topological polar surface area (TPSA) is 66.4 Å². The van der Waals surface area contributed by atoms with Crippen LogP contribution < -0.4 is 5.32 Å². The van der Waals surface area contributed by atoms with Crippen molar-refractivity contribution in [2.75, 3.05) is 11.5 Å². The first-order chi connectivity index (χ1) is 10.1. The number of nitrogens with one attached hydrogen (secondary N) is 1. The molecule has 0 spiro atoms. The molecule has 0 unspecified atom stereocenters. The molecule has 0 bridgehead atoms. The number of hydrogen-bond donors (Lipinski definition) is 2. The Bertz CT molecular complexity index is 519. The Hall–Kier alpha value is -1.27. The Morgan fingerprint density at radius 3 is 2.86 bits per heavy atom. The predicted molar refractivity (Wildman–Crippen MR) is 87.5 cm³/mol. The normalized spacial score (nSPS) is 16.2. The third-order valence-corrected chi connectivity index (χ3v) is 5.37. The van der Waals surface area contributed by atoms with Gasteiger partial charge in [-0.3, -0.25) is 4.79 Å². The fourth-order valence-electron chi connectivity index (χ4n) is 2.22. The summed E-state index contributed by atoms with van der Waals surface area (Å²) in [6.07, 6.45) is 5.58. The van der Waals surface area contributed by atoms with Crippen LogP contribution in [0.4, 0.5) is 0 Å².